The Balaban J connectivity index is 2.56. The molecule has 0 heterocycles. The number of hydrogen-bond acceptors (Lipinski definition) is 3. The van der Waals surface area contributed by atoms with Crippen LogP contribution < -0.4 is 15.5 Å². The van der Waals surface area contributed by atoms with E-state index < -0.39 is 0 Å². The molecule has 5 heteroatoms. The number of hydrazone groups is 1. The number of nitrogens with one attached hydrogen (secondary N) is 2. The van der Waals surface area contributed by atoms with Crippen molar-refractivity contribution in [3.8, 4) is 5.75 Å². The van der Waals surface area contributed by atoms with Crippen molar-refractivity contribution in [2.24, 2.45) is 5.10 Å². The number of nitrogens with zero attached hydrogens (tertiary/aromatic N) is 1. The Morgan fingerprint density at radius 1 is 1.37 bits per heavy atom. The molecular formula is C14H21N3OS. The van der Waals surface area contributed by atoms with E-state index in [0.717, 1.165) is 37.3 Å². The monoisotopic (exact) mass is 279 g/mol. The second-order valence-corrected chi connectivity index (χ2v) is 4.38. The smallest absolute Gasteiger partial charge is 0.186 e. The van der Waals surface area contributed by atoms with Crippen molar-refractivity contribution < 1.29 is 4.74 Å². The quantitative estimate of drug-likeness (QED) is 0.349. The predicted octanol–water partition coefficient (Wildman–Crippen LogP) is 2.68. The molecule has 0 atom stereocenters. The number of thiocarbonyl (C=S) groups is 1. The molecule has 0 amide bonds. The first-order chi connectivity index (χ1) is 9.27. The molecule has 0 spiro atoms. The molecule has 0 aliphatic carbocycles. The summed E-state index contributed by atoms with van der Waals surface area (Å²) in [6.45, 7) is 5.62. The molecule has 0 fully saturated rings. The number of para-hydroxylation sites is 1. The van der Waals surface area contributed by atoms with Gasteiger partial charge in [0.05, 0.1) is 12.8 Å². The van der Waals surface area contributed by atoms with Gasteiger partial charge < -0.3 is 10.1 Å². The fourth-order valence-electron chi connectivity index (χ4n) is 1.41. The Labute approximate surface area is 120 Å². The summed E-state index contributed by atoms with van der Waals surface area (Å²) in [5.74, 6) is 0.843. The van der Waals surface area contributed by atoms with Crippen LogP contribution in [0.25, 0.3) is 0 Å². The summed E-state index contributed by atoms with van der Waals surface area (Å²) in [7, 11) is 0. The molecule has 0 aromatic heterocycles. The molecule has 0 aliphatic rings. The van der Waals surface area contributed by atoms with Gasteiger partial charge in [-0.25, -0.2) is 0 Å². The number of hydrogen-bond donors (Lipinski definition) is 2. The molecule has 0 aliphatic heterocycles. The van der Waals surface area contributed by atoms with Gasteiger partial charge in [-0.15, -0.1) is 0 Å². The van der Waals surface area contributed by atoms with E-state index in [-0.39, 0.29) is 0 Å². The van der Waals surface area contributed by atoms with Gasteiger partial charge in [-0.2, -0.15) is 5.10 Å². The third-order valence-electron chi connectivity index (χ3n) is 2.38. The van der Waals surface area contributed by atoms with E-state index in [1.807, 2.05) is 31.2 Å². The maximum atomic E-state index is 5.72. The molecule has 104 valence electrons. The summed E-state index contributed by atoms with van der Waals surface area (Å²) in [4.78, 5) is 0. The van der Waals surface area contributed by atoms with E-state index in [1.54, 1.807) is 6.21 Å². The predicted molar refractivity (Wildman–Crippen MR) is 83.8 cm³/mol. The van der Waals surface area contributed by atoms with Crippen molar-refractivity contribution in [1.82, 2.24) is 10.7 Å². The zero-order valence-electron chi connectivity index (χ0n) is 11.5. The third-order valence-corrected chi connectivity index (χ3v) is 2.62. The Kier molecular flexibility index (Phi) is 7.58. The molecule has 0 radical (unpaired) electrons. The van der Waals surface area contributed by atoms with Crippen LogP contribution in [0.3, 0.4) is 0 Å². The standard InChI is InChI=1S/C14H21N3OS/c1-3-5-10-18-13-9-7-6-8-12(13)11-16-17-14(19)15-4-2/h6-9,11H,3-5,10H2,1-2H3,(H2,15,17,19)/b16-11+. The summed E-state index contributed by atoms with van der Waals surface area (Å²) in [6.07, 6.45) is 3.88. The second kappa shape index (κ2) is 9.33. The highest BCUT2D eigenvalue weighted by molar-refractivity contribution is 7.80. The average molecular weight is 279 g/mol. The van der Waals surface area contributed by atoms with Crippen LogP contribution in [0.15, 0.2) is 29.4 Å². The number of rotatable bonds is 7. The van der Waals surface area contributed by atoms with Gasteiger partial charge in [0.25, 0.3) is 0 Å². The maximum absolute atomic E-state index is 5.72. The summed E-state index contributed by atoms with van der Waals surface area (Å²) >= 11 is 5.02. The normalized spacial score (nSPS) is 10.4. The molecule has 1 aromatic carbocycles. The average Bonchev–Trinajstić information content (AvgIpc) is 2.41. The van der Waals surface area contributed by atoms with Crippen LogP contribution in [0.1, 0.15) is 32.3 Å². The zero-order valence-corrected chi connectivity index (χ0v) is 12.3. The van der Waals surface area contributed by atoms with Gasteiger partial charge in [0, 0.05) is 12.1 Å². The number of benzene rings is 1. The van der Waals surface area contributed by atoms with Gasteiger partial charge in [0.2, 0.25) is 0 Å². The first-order valence-electron chi connectivity index (χ1n) is 6.56. The lowest BCUT2D eigenvalue weighted by Crippen LogP contribution is -2.31. The fraction of sp³-hybridized carbons (Fsp3) is 0.429. The Morgan fingerprint density at radius 2 is 2.16 bits per heavy atom. The number of ether oxygens (including phenoxy) is 1. The van der Waals surface area contributed by atoms with Crippen LogP contribution in [0.2, 0.25) is 0 Å². The SMILES string of the molecule is CCCCOc1ccccc1/C=N/NC(=S)NCC. The van der Waals surface area contributed by atoms with Gasteiger partial charge in [-0.3, -0.25) is 5.43 Å². The van der Waals surface area contributed by atoms with Crippen molar-refractivity contribution in [2.45, 2.75) is 26.7 Å². The van der Waals surface area contributed by atoms with Gasteiger partial charge in [-0.05, 0) is 37.7 Å². The first-order valence-corrected chi connectivity index (χ1v) is 6.97. The highest BCUT2D eigenvalue weighted by Gasteiger charge is 1.99. The van der Waals surface area contributed by atoms with Gasteiger partial charge >= 0.3 is 0 Å². The zero-order chi connectivity index (χ0) is 13.9. The molecule has 4 nitrogen and oxygen atoms in total. The molecule has 0 bridgehead atoms. The maximum Gasteiger partial charge on any atom is 0.186 e. The Hall–Kier alpha value is -1.62. The highest BCUT2D eigenvalue weighted by atomic mass is 32.1. The lowest BCUT2D eigenvalue weighted by molar-refractivity contribution is 0.309. The second-order valence-electron chi connectivity index (χ2n) is 3.97. The van der Waals surface area contributed by atoms with E-state index in [1.165, 1.54) is 0 Å². The molecule has 0 saturated carbocycles. The topological polar surface area (TPSA) is 45.6 Å². The molecule has 0 unspecified atom stereocenters. The van der Waals surface area contributed by atoms with E-state index >= 15 is 0 Å². The lowest BCUT2D eigenvalue weighted by atomic mass is 10.2. The highest BCUT2D eigenvalue weighted by Crippen LogP contribution is 2.16. The Bertz CT molecular complexity index is 421. The summed E-state index contributed by atoms with van der Waals surface area (Å²) in [5.41, 5.74) is 3.70. The lowest BCUT2D eigenvalue weighted by Gasteiger charge is -2.08. The minimum Gasteiger partial charge on any atom is -0.493 e. The van der Waals surface area contributed by atoms with Crippen LogP contribution in [-0.2, 0) is 0 Å². The van der Waals surface area contributed by atoms with Crippen molar-refractivity contribution in [3.63, 3.8) is 0 Å². The van der Waals surface area contributed by atoms with Crippen LogP contribution in [0.4, 0.5) is 0 Å². The molecule has 2 N–H and O–H groups in total. The molecular weight excluding hydrogens is 258 g/mol. The van der Waals surface area contributed by atoms with Crippen LogP contribution >= 0.6 is 12.2 Å². The van der Waals surface area contributed by atoms with Crippen LogP contribution in [-0.4, -0.2) is 24.5 Å². The van der Waals surface area contributed by atoms with Gasteiger partial charge in [-0.1, -0.05) is 25.5 Å². The minimum absolute atomic E-state index is 0.517. The van der Waals surface area contributed by atoms with E-state index in [0.29, 0.717) is 5.11 Å². The largest absolute Gasteiger partial charge is 0.493 e. The van der Waals surface area contributed by atoms with Gasteiger partial charge in [0.15, 0.2) is 5.11 Å². The molecule has 19 heavy (non-hydrogen) atoms. The summed E-state index contributed by atoms with van der Waals surface area (Å²) < 4.78 is 5.72. The fourth-order valence-corrected chi connectivity index (χ4v) is 1.60. The summed E-state index contributed by atoms with van der Waals surface area (Å²) in [5, 5.41) is 7.57. The Morgan fingerprint density at radius 3 is 2.89 bits per heavy atom. The van der Waals surface area contributed by atoms with Gasteiger partial charge in [0.1, 0.15) is 5.75 Å². The molecule has 1 rings (SSSR count). The van der Waals surface area contributed by atoms with Crippen molar-refractivity contribution in [2.75, 3.05) is 13.2 Å². The van der Waals surface area contributed by atoms with Crippen LogP contribution in [0, 0.1) is 0 Å². The third kappa shape index (κ3) is 6.20. The van der Waals surface area contributed by atoms with Crippen molar-refractivity contribution in [1.29, 1.82) is 0 Å². The van der Waals surface area contributed by atoms with Crippen molar-refractivity contribution >= 4 is 23.5 Å². The number of unbranched alkanes of at least 4 members (excludes halogenated alkanes) is 1. The van der Waals surface area contributed by atoms with E-state index in [9.17, 15) is 0 Å². The van der Waals surface area contributed by atoms with Crippen LogP contribution in [0.5, 0.6) is 5.75 Å². The van der Waals surface area contributed by atoms with Crippen molar-refractivity contribution in [3.05, 3.63) is 29.8 Å². The summed E-state index contributed by atoms with van der Waals surface area (Å²) in [6, 6.07) is 7.81. The van der Waals surface area contributed by atoms with E-state index in [4.69, 9.17) is 17.0 Å². The minimum atomic E-state index is 0.517. The van der Waals surface area contributed by atoms with E-state index in [2.05, 4.69) is 22.8 Å². The molecule has 0 saturated heterocycles. The molecule has 1 aromatic rings. The first kappa shape index (κ1) is 15.4.